The molecule has 6 nitrogen and oxygen atoms in total. The molecule has 0 saturated heterocycles. The fraction of sp³-hybridized carbons (Fsp3) is 0.846. The fourth-order valence-corrected chi connectivity index (χ4v) is 1.47. The average Bonchev–Trinajstić information content (AvgIpc) is 2.32. The molecule has 0 aliphatic heterocycles. The highest BCUT2D eigenvalue weighted by Gasteiger charge is 2.20. The molecule has 0 saturated carbocycles. The second-order valence-electron chi connectivity index (χ2n) is 5.44. The molecular formula is C13H26N2O4. The smallest absolute Gasteiger partial charge is 0.225 e. The quantitative estimate of drug-likeness (QED) is 0.532. The summed E-state index contributed by atoms with van der Waals surface area (Å²) >= 11 is 0. The summed E-state index contributed by atoms with van der Waals surface area (Å²) in [4.78, 5) is 24.8. The van der Waals surface area contributed by atoms with Crippen molar-refractivity contribution in [3.05, 3.63) is 0 Å². The Morgan fingerprint density at radius 3 is 2.05 bits per heavy atom. The van der Waals surface area contributed by atoms with Crippen LogP contribution in [0.5, 0.6) is 0 Å². The Hall–Kier alpha value is -1.14. The first-order chi connectivity index (χ1) is 8.82. The van der Waals surface area contributed by atoms with Gasteiger partial charge in [0.1, 0.15) is 0 Å². The maximum Gasteiger partial charge on any atom is 0.225 e. The first kappa shape index (κ1) is 17.9. The van der Waals surface area contributed by atoms with Crippen LogP contribution in [0.4, 0.5) is 0 Å². The maximum atomic E-state index is 11.8. The topological polar surface area (TPSA) is 89.9 Å². The van der Waals surface area contributed by atoms with Crippen molar-refractivity contribution in [1.29, 1.82) is 0 Å². The van der Waals surface area contributed by atoms with Crippen LogP contribution < -0.4 is 5.32 Å². The molecule has 0 atom stereocenters. The summed E-state index contributed by atoms with van der Waals surface area (Å²) in [6.07, 6.45) is 0.846. The summed E-state index contributed by atoms with van der Waals surface area (Å²) < 4.78 is 0. The maximum absolute atomic E-state index is 11.8. The molecule has 0 rings (SSSR count). The normalized spacial score (nSPS) is 11.2. The van der Waals surface area contributed by atoms with E-state index in [1.54, 1.807) is 0 Å². The molecule has 0 unspecified atom stereocenters. The van der Waals surface area contributed by atoms with Crippen LogP contribution in [0.15, 0.2) is 0 Å². The van der Waals surface area contributed by atoms with Crippen LogP contribution in [0.25, 0.3) is 0 Å². The minimum absolute atomic E-state index is 0.0393. The van der Waals surface area contributed by atoms with Gasteiger partial charge in [-0.25, -0.2) is 0 Å². The monoisotopic (exact) mass is 274 g/mol. The summed E-state index contributed by atoms with van der Waals surface area (Å²) in [6.45, 7) is 6.17. The van der Waals surface area contributed by atoms with Gasteiger partial charge in [-0.1, -0.05) is 20.8 Å². The van der Waals surface area contributed by atoms with Gasteiger partial charge in [0, 0.05) is 31.5 Å². The zero-order valence-electron chi connectivity index (χ0n) is 12.1. The molecule has 6 heteroatoms. The molecule has 0 heterocycles. The molecule has 0 fully saturated rings. The van der Waals surface area contributed by atoms with Crippen LogP contribution in [0.2, 0.25) is 0 Å². The zero-order chi connectivity index (χ0) is 14.9. The highest BCUT2D eigenvalue weighted by molar-refractivity contribution is 5.81. The largest absolute Gasteiger partial charge is 0.395 e. The van der Waals surface area contributed by atoms with Gasteiger partial charge in [0.05, 0.1) is 13.2 Å². The average molecular weight is 274 g/mol. The SMILES string of the molecule is CC(C)(C)C(=O)NCCCC(=O)N(CCO)CCO. The predicted octanol–water partition coefficient (Wildman–Crippen LogP) is -0.258. The van der Waals surface area contributed by atoms with Crippen LogP contribution in [0, 0.1) is 5.41 Å². The third-order valence-electron chi connectivity index (χ3n) is 2.63. The van der Waals surface area contributed by atoms with Crippen molar-refractivity contribution in [2.75, 3.05) is 32.8 Å². The minimum atomic E-state index is -0.427. The molecule has 0 aliphatic carbocycles. The number of aliphatic hydroxyl groups excluding tert-OH is 2. The van der Waals surface area contributed by atoms with Crippen LogP contribution >= 0.6 is 0 Å². The summed E-state index contributed by atoms with van der Waals surface area (Å²) in [5, 5.41) is 20.4. The lowest BCUT2D eigenvalue weighted by molar-refractivity contribution is -0.133. The van der Waals surface area contributed by atoms with Gasteiger partial charge in [-0.05, 0) is 6.42 Å². The van der Waals surface area contributed by atoms with Crippen molar-refractivity contribution in [2.45, 2.75) is 33.6 Å². The molecular weight excluding hydrogens is 248 g/mol. The fourth-order valence-electron chi connectivity index (χ4n) is 1.47. The van der Waals surface area contributed by atoms with Crippen LogP contribution in [0.1, 0.15) is 33.6 Å². The Morgan fingerprint density at radius 1 is 1.11 bits per heavy atom. The number of amides is 2. The molecule has 0 aromatic carbocycles. The molecule has 0 aromatic heterocycles. The van der Waals surface area contributed by atoms with E-state index in [4.69, 9.17) is 10.2 Å². The summed E-state index contributed by atoms with van der Waals surface area (Å²) in [7, 11) is 0. The summed E-state index contributed by atoms with van der Waals surface area (Å²) in [5.41, 5.74) is -0.427. The van der Waals surface area contributed by atoms with E-state index in [1.165, 1.54) is 4.90 Å². The number of carbonyl (C=O) groups excluding carboxylic acids is 2. The molecule has 3 N–H and O–H groups in total. The Kier molecular flexibility index (Phi) is 8.34. The van der Waals surface area contributed by atoms with Crippen LogP contribution in [-0.2, 0) is 9.59 Å². The molecule has 0 bridgehead atoms. The highest BCUT2D eigenvalue weighted by atomic mass is 16.3. The third kappa shape index (κ3) is 7.79. The van der Waals surface area contributed by atoms with E-state index in [2.05, 4.69) is 5.32 Å². The lowest BCUT2D eigenvalue weighted by Crippen LogP contribution is -2.37. The minimum Gasteiger partial charge on any atom is -0.395 e. The van der Waals surface area contributed by atoms with E-state index in [0.29, 0.717) is 19.4 Å². The first-order valence-electron chi connectivity index (χ1n) is 6.60. The van der Waals surface area contributed by atoms with Gasteiger partial charge in [-0.15, -0.1) is 0 Å². The van der Waals surface area contributed by atoms with Gasteiger partial charge in [0.2, 0.25) is 11.8 Å². The van der Waals surface area contributed by atoms with E-state index >= 15 is 0 Å². The van der Waals surface area contributed by atoms with Gasteiger partial charge in [-0.2, -0.15) is 0 Å². The molecule has 0 aromatic rings. The first-order valence-corrected chi connectivity index (χ1v) is 6.60. The second-order valence-corrected chi connectivity index (χ2v) is 5.44. The number of hydrogen-bond donors (Lipinski definition) is 3. The lowest BCUT2D eigenvalue weighted by Gasteiger charge is -2.21. The number of hydrogen-bond acceptors (Lipinski definition) is 4. The van der Waals surface area contributed by atoms with E-state index < -0.39 is 5.41 Å². The van der Waals surface area contributed by atoms with Gasteiger partial charge >= 0.3 is 0 Å². The standard InChI is InChI=1S/C13H26N2O4/c1-13(2,3)12(19)14-6-4-5-11(18)15(7-9-16)8-10-17/h16-17H,4-10H2,1-3H3,(H,14,19). The van der Waals surface area contributed by atoms with E-state index in [0.717, 1.165) is 0 Å². The summed E-state index contributed by atoms with van der Waals surface area (Å²) in [5.74, 6) is -0.157. The Balaban J connectivity index is 3.93. The molecule has 0 spiro atoms. The molecule has 0 radical (unpaired) electrons. The van der Waals surface area contributed by atoms with Gasteiger partial charge < -0.3 is 20.4 Å². The molecule has 19 heavy (non-hydrogen) atoms. The van der Waals surface area contributed by atoms with E-state index in [1.807, 2.05) is 20.8 Å². The number of nitrogens with zero attached hydrogens (tertiary/aromatic N) is 1. The lowest BCUT2D eigenvalue weighted by atomic mass is 9.96. The van der Waals surface area contributed by atoms with Crippen LogP contribution in [-0.4, -0.2) is 59.8 Å². The van der Waals surface area contributed by atoms with Gasteiger partial charge in [0.15, 0.2) is 0 Å². The Labute approximate surface area is 114 Å². The number of carbonyl (C=O) groups is 2. The summed E-state index contributed by atoms with van der Waals surface area (Å²) in [6, 6.07) is 0. The molecule has 112 valence electrons. The van der Waals surface area contributed by atoms with Crippen molar-refractivity contribution in [3.8, 4) is 0 Å². The van der Waals surface area contributed by atoms with Crippen molar-refractivity contribution in [2.24, 2.45) is 5.41 Å². The van der Waals surface area contributed by atoms with Gasteiger partial charge in [0.25, 0.3) is 0 Å². The van der Waals surface area contributed by atoms with Crippen molar-refractivity contribution in [1.82, 2.24) is 10.2 Å². The zero-order valence-corrected chi connectivity index (χ0v) is 12.1. The van der Waals surface area contributed by atoms with Crippen molar-refractivity contribution in [3.63, 3.8) is 0 Å². The highest BCUT2D eigenvalue weighted by Crippen LogP contribution is 2.12. The van der Waals surface area contributed by atoms with Crippen molar-refractivity contribution < 1.29 is 19.8 Å². The number of rotatable bonds is 8. The van der Waals surface area contributed by atoms with E-state index in [9.17, 15) is 9.59 Å². The van der Waals surface area contributed by atoms with E-state index in [-0.39, 0.29) is 38.1 Å². The van der Waals surface area contributed by atoms with Gasteiger partial charge in [-0.3, -0.25) is 9.59 Å². The third-order valence-corrected chi connectivity index (χ3v) is 2.63. The molecule has 0 aliphatic rings. The Bertz CT molecular complexity index is 281. The van der Waals surface area contributed by atoms with Crippen molar-refractivity contribution >= 4 is 11.8 Å². The number of aliphatic hydroxyl groups is 2. The number of nitrogens with one attached hydrogen (secondary N) is 1. The Morgan fingerprint density at radius 2 is 1.63 bits per heavy atom. The second kappa shape index (κ2) is 8.87. The molecule has 2 amide bonds. The predicted molar refractivity (Wildman–Crippen MR) is 72.5 cm³/mol. The van der Waals surface area contributed by atoms with Crippen LogP contribution in [0.3, 0.4) is 0 Å².